The van der Waals surface area contributed by atoms with Crippen LogP contribution in [0.3, 0.4) is 0 Å². The number of aromatic nitrogens is 1. The lowest BCUT2D eigenvalue weighted by Gasteiger charge is -2.07. The molecule has 2 aromatic carbocycles. The van der Waals surface area contributed by atoms with Gasteiger partial charge in [0.25, 0.3) is 0 Å². The summed E-state index contributed by atoms with van der Waals surface area (Å²) >= 11 is 0. The van der Waals surface area contributed by atoms with Crippen molar-refractivity contribution >= 4 is 20.9 Å². The Labute approximate surface area is 147 Å². The summed E-state index contributed by atoms with van der Waals surface area (Å²) in [5.74, 6) is -0.305. The van der Waals surface area contributed by atoms with Crippen molar-refractivity contribution in [2.24, 2.45) is 0 Å². The Kier molecular flexibility index (Phi) is 5.20. The van der Waals surface area contributed by atoms with Crippen LogP contribution in [0.15, 0.2) is 53.6 Å². The van der Waals surface area contributed by atoms with Gasteiger partial charge in [0.15, 0.2) is 0 Å². The molecule has 25 heavy (non-hydrogen) atoms. The minimum atomic E-state index is -3.54. The zero-order chi connectivity index (χ0) is 17.9. The molecule has 0 unspecified atom stereocenters. The van der Waals surface area contributed by atoms with Crippen LogP contribution >= 0.6 is 0 Å². The largest absolute Gasteiger partial charge is 0.361 e. The summed E-state index contributed by atoms with van der Waals surface area (Å²) in [5.41, 5.74) is 2.85. The number of sulfonamides is 1. The summed E-state index contributed by atoms with van der Waals surface area (Å²) < 4.78 is 40.7. The smallest absolute Gasteiger partial charge is 0.240 e. The highest BCUT2D eigenvalue weighted by molar-refractivity contribution is 7.89. The quantitative estimate of drug-likeness (QED) is 0.673. The highest BCUT2D eigenvalue weighted by atomic mass is 32.2. The minimum absolute atomic E-state index is 0.252. The highest BCUT2D eigenvalue weighted by Crippen LogP contribution is 2.20. The molecule has 1 heterocycles. The van der Waals surface area contributed by atoms with Gasteiger partial charge < -0.3 is 4.98 Å². The van der Waals surface area contributed by atoms with Gasteiger partial charge in [-0.25, -0.2) is 17.5 Å². The van der Waals surface area contributed by atoms with Crippen molar-refractivity contribution in [1.82, 2.24) is 9.71 Å². The van der Waals surface area contributed by atoms with E-state index in [0.717, 1.165) is 34.9 Å². The van der Waals surface area contributed by atoms with Gasteiger partial charge in [0.1, 0.15) is 5.82 Å². The van der Waals surface area contributed by atoms with Crippen molar-refractivity contribution in [1.29, 1.82) is 0 Å². The fourth-order valence-corrected chi connectivity index (χ4v) is 3.92. The van der Waals surface area contributed by atoms with Crippen LogP contribution in [-0.4, -0.2) is 19.9 Å². The van der Waals surface area contributed by atoms with Crippen molar-refractivity contribution in [2.45, 2.75) is 31.1 Å². The number of rotatable bonds is 7. The molecule has 0 saturated carbocycles. The van der Waals surface area contributed by atoms with E-state index in [2.05, 4.69) is 16.6 Å². The number of nitrogens with one attached hydrogen (secondary N) is 2. The number of hydrogen-bond donors (Lipinski definition) is 2. The summed E-state index contributed by atoms with van der Waals surface area (Å²) in [6.45, 7) is 2.34. The molecule has 2 N–H and O–H groups in total. The number of halogens is 1. The average Bonchev–Trinajstić information content (AvgIpc) is 2.98. The van der Waals surface area contributed by atoms with Crippen molar-refractivity contribution in [3.63, 3.8) is 0 Å². The SMILES string of the molecule is CCCc1ccc(S(=O)(=O)NCCc2c[nH]c3ccc(F)cc23)cc1. The molecular weight excluding hydrogens is 339 g/mol. The first-order chi connectivity index (χ1) is 12.0. The zero-order valence-electron chi connectivity index (χ0n) is 14.0. The van der Waals surface area contributed by atoms with Gasteiger partial charge in [0, 0.05) is 23.6 Å². The molecule has 0 radical (unpaired) electrons. The third kappa shape index (κ3) is 4.08. The van der Waals surface area contributed by atoms with Gasteiger partial charge in [-0.3, -0.25) is 0 Å². The molecule has 0 atom stereocenters. The lowest BCUT2D eigenvalue weighted by Crippen LogP contribution is -2.25. The second-order valence-corrected chi connectivity index (χ2v) is 7.81. The molecule has 0 aliphatic carbocycles. The third-order valence-corrected chi connectivity index (χ3v) is 5.67. The first-order valence-electron chi connectivity index (χ1n) is 8.34. The lowest BCUT2D eigenvalue weighted by atomic mass is 10.1. The van der Waals surface area contributed by atoms with Gasteiger partial charge in [-0.2, -0.15) is 0 Å². The topological polar surface area (TPSA) is 62.0 Å². The van der Waals surface area contributed by atoms with Crippen LogP contribution in [0.25, 0.3) is 10.9 Å². The Bertz CT molecular complexity index is 963. The second-order valence-electron chi connectivity index (χ2n) is 6.05. The third-order valence-electron chi connectivity index (χ3n) is 4.19. The Morgan fingerprint density at radius 1 is 1.08 bits per heavy atom. The number of H-pyrrole nitrogens is 1. The molecule has 0 aliphatic heterocycles. The van der Waals surface area contributed by atoms with Crippen LogP contribution in [0.1, 0.15) is 24.5 Å². The summed E-state index contributed by atoms with van der Waals surface area (Å²) in [6, 6.07) is 11.5. The number of benzene rings is 2. The molecule has 1 aromatic heterocycles. The monoisotopic (exact) mass is 360 g/mol. The van der Waals surface area contributed by atoms with E-state index in [-0.39, 0.29) is 17.3 Å². The van der Waals surface area contributed by atoms with Crippen molar-refractivity contribution < 1.29 is 12.8 Å². The van der Waals surface area contributed by atoms with Crippen LogP contribution in [0.5, 0.6) is 0 Å². The molecule has 0 saturated heterocycles. The summed E-state index contributed by atoms with van der Waals surface area (Å²) in [7, 11) is -3.54. The van der Waals surface area contributed by atoms with Crippen molar-refractivity contribution in [2.75, 3.05) is 6.54 Å². The van der Waals surface area contributed by atoms with Gasteiger partial charge in [0.2, 0.25) is 10.0 Å². The maximum absolute atomic E-state index is 13.4. The van der Waals surface area contributed by atoms with Crippen LogP contribution < -0.4 is 4.72 Å². The molecule has 0 bridgehead atoms. The number of hydrogen-bond acceptors (Lipinski definition) is 2. The van der Waals surface area contributed by atoms with Crippen LogP contribution in [0.4, 0.5) is 4.39 Å². The van der Waals surface area contributed by atoms with E-state index >= 15 is 0 Å². The van der Waals surface area contributed by atoms with Crippen LogP contribution in [0, 0.1) is 5.82 Å². The van der Waals surface area contributed by atoms with E-state index in [4.69, 9.17) is 0 Å². The molecular formula is C19H21FN2O2S. The zero-order valence-corrected chi connectivity index (χ0v) is 14.9. The average molecular weight is 360 g/mol. The Morgan fingerprint density at radius 2 is 1.84 bits per heavy atom. The molecule has 6 heteroatoms. The van der Waals surface area contributed by atoms with E-state index in [1.54, 1.807) is 24.4 Å². The lowest BCUT2D eigenvalue weighted by molar-refractivity contribution is 0.581. The molecule has 3 aromatic rings. The minimum Gasteiger partial charge on any atom is -0.361 e. The predicted molar refractivity (Wildman–Crippen MR) is 97.6 cm³/mol. The maximum atomic E-state index is 13.4. The first-order valence-corrected chi connectivity index (χ1v) is 9.82. The highest BCUT2D eigenvalue weighted by Gasteiger charge is 2.14. The molecule has 3 rings (SSSR count). The van der Waals surface area contributed by atoms with Crippen LogP contribution in [-0.2, 0) is 22.9 Å². The van der Waals surface area contributed by atoms with Gasteiger partial charge in [-0.05, 0) is 54.3 Å². The van der Waals surface area contributed by atoms with Crippen molar-refractivity contribution in [3.05, 3.63) is 65.6 Å². The fourth-order valence-electron chi connectivity index (χ4n) is 2.88. The summed E-state index contributed by atoms with van der Waals surface area (Å²) in [6.07, 6.45) is 4.23. The molecule has 4 nitrogen and oxygen atoms in total. The van der Waals surface area contributed by atoms with Gasteiger partial charge >= 0.3 is 0 Å². The summed E-state index contributed by atoms with van der Waals surface area (Å²) in [4.78, 5) is 3.33. The van der Waals surface area contributed by atoms with E-state index in [1.165, 1.54) is 12.1 Å². The molecule has 132 valence electrons. The number of fused-ring (bicyclic) bond motifs is 1. The van der Waals surface area contributed by atoms with E-state index < -0.39 is 10.0 Å². The molecule has 0 aliphatic rings. The van der Waals surface area contributed by atoms with Gasteiger partial charge in [-0.15, -0.1) is 0 Å². The van der Waals surface area contributed by atoms with E-state index in [9.17, 15) is 12.8 Å². The fraction of sp³-hybridized carbons (Fsp3) is 0.263. The molecule has 0 spiro atoms. The van der Waals surface area contributed by atoms with E-state index in [1.807, 2.05) is 12.1 Å². The molecule has 0 amide bonds. The van der Waals surface area contributed by atoms with E-state index in [0.29, 0.717) is 6.42 Å². The Hall–Kier alpha value is -2.18. The number of aryl methyl sites for hydroxylation is 1. The van der Waals surface area contributed by atoms with Gasteiger partial charge in [-0.1, -0.05) is 25.5 Å². The van der Waals surface area contributed by atoms with Gasteiger partial charge in [0.05, 0.1) is 4.90 Å². The number of aromatic amines is 1. The predicted octanol–water partition coefficient (Wildman–Crippen LogP) is 3.78. The first kappa shape index (κ1) is 17.6. The molecule has 0 fully saturated rings. The standard InChI is InChI=1S/C19H21FN2O2S/c1-2-3-14-4-7-17(8-5-14)25(23,24)22-11-10-15-13-21-19-9-6-16(20)12-18(15)19/h4-9,12-13,21-22H,2-3,10-11H2,1H3. The normalized spacial score (nSPS) is 11.9. The Morgan fingerprint density at radius 3 is 2.56 bits per heavy atom. The summed E-state index contributed by atoms with van der Waals surface area (Å²) in [5, 5.41) is 0.781. The van der Waals surface area contributed by atoms with Crippen molar-refractivity contribution in [3.8, 4) is 0 Å². The Balaban J connectivity index is 1.66. The second kappa shape index (κ2) is 7.37. The van der Waals surface area contributed by atoms with Crippen LogP contribution in [0.2, 0.25) is 0 Å². The maximum Gasteiger partial charge on any atom is 0.240 e.